The highest BCUT2D eigenvalue weighted by Gasteiger charge is 2.34. The number of hydrogen-bond donors (Lipinski definition) is 2. The van der Waals surface area contributed by atoms with Crippen molar-refractivity contribution in [1.82, 2.24) is 4.98 Å². The van der Waals surface area contributed by atoms with Crippen LogP contribution in [0.2, 0.25) is 0 Å². The number of benzene rings is 1. The number of carbonyl (C=O) groups excluding carboxylic acids is 2. The SMILES string of the molecule is Cc1cc(C)c2c(N)c(C(=O)OC(C)C(=O)Nc3ccccc3C(F)(F)F)sc2n1. The minimum Gasteiger partial charge on any atom is -0.448 e. The number of nitrogen functional groups attached to an aromatic ring is 1. The van der Waals surface area contributed by atoms with Crippen LogP contribution in [0.5, 0.6) is 0 Å². The van der Waals surface area contributed by atoms with Gasteiger partial charge in [0.2, 0.25) is 0 Å². The van der Waals surface area contributed by atoms with Crippen molar-refractivity contribution in [3.63, 3.8) is 0 Å². The number of thiophene rings is 1. The summed E-state index contributed by atoms with van der Waals surface area (Å²) >= 11 is 1.03. The molecule has 0 spiro atoms. The second-order valence-corrected chi connectivity index (χ2v) is 7.68. The number of para-hydroxylation sites is 1. The van der Waals surface area contributed by atoms with Gasteiger partial charge in [-0.15, -0.1) is 11.3 Å². The molecule has 0 bridgehead atoms. The number of alkyl halides is 3. The number of nitrogens with two attached hydrogens (primary N) is 1. The van der Waals surface area contributed by atoms with Crippen LogP contribution in [0.15, 0.2) is 30.3 Å². The molecule has 10 heteroatoms. The summed E-state index contributed by atoms with van der Waals surface area (Å²) in [4.78, 5) is 29.9. The number of aromatic nitrogens is 1. The minimum absolute atomic E-state index is 0.0848. The quantitative estimate of drug-likeness (QED) is 0.577. The monoisotopic (exact) mass is 437 g/mol. The molecule has 1 aromatic carbocycles. The predicted molar refractivity (Wildman–Crippen MR) is 108 cm³/mol. The Balaban J connectivity index is 1.78. The van der Waals surface area contributed by atoms with Crippen LogP contribution in [-0.2, 0) is 15.7 Å². The first-order chi connectivity index (χ1) is 14.0. The van der Waals surface area contributed by atoms with Gasteiger partial charge in [-0.2, -0.15) is 13.2 Å². The molecule has 158 valence electrons. The number of hydrogen-bond acceptors (Lipinski definition) is 6. The van der Waals surface area contributed by atoms with E-state index in [1.165, 1.54) is 19.1 Å². The van der Waals surface area contributed by atoms with Gasteiger partial charge in [0, 0.05) is 11.1 Å². The number of aryl methyl sites for hydroxylation is 2. The van der Waals surface area contributed by atoms with Gasteiger partial charge in [0.15, 0.2) is 6.10 Å². The minimum atomic E-state index is -4.64. The number of esters is 1. The number of anilines is 2. The maximum Gasteiger partial charge on any atom is 0.418 e. The summed E-state index contributed by atoms with van der Waals surface area (Å²) in [6.07, 6.45) is -5.99. The normalized spacial score (nSPS) is 12.6. The Morgan fingerprint density at radius 1 is 1.23 bits per heavy atom. The summed E-state index contributed by atoms with van der Waals surface area (Å²) in [6, 6.07) is 6.37. The van der Waals surface area contributed by atoms with Gasteiger partial charge in [0.1, 0.15) is 9.71 Å². The first kappa shape index (κ1) is 21.6. The smallest absolute Gasteiger partial charge is 0.418 e. The molecule has 3 aromatic rings. The molecule has 3 N–H and O–H groups in total. The van der Waals surface area contributed by atoms with Crippen LogP contribution in [0.4, 0.5) is 24.5 Å². The fourth-order valence-corrected chi connectivity index (χ4v) is 4.06. The van der Waals surface area contributed by atoms with Crippen LogP contribution in [0, 0.1) is 13.8 Å². The van der Waals surface area contributed by atoms with Crippen molar-refractivity contribution in [3.05, 3.63) is 52.0 Å². The highest BCUT2D eigenvalue weighted by atomic mass is 32.1. The topological polar surface area (TPSA) is 94.3 Å². The lowest BCUT2D eigenvalue weighted by Crippen LogP contribution is -2.30. The second kappa shape index (κ2) is 7.94. The second-order valence-electron chi connectivity index (χ2n) is 6.69. The van der Waals surface area contributed by atoms with Crippen LogP contribution in [0.1, 0.15) is 33.4 Å². The highest BCUT2D eigenvalue weighted by molar-refractivity contribution is 7.21. The highest BCUT2D eigenvalue weighted by Crippen LogP contribution is 2.36. The van der Waals surface area contributed by atoms with Crippen molar-refractivity contribution in [1.29, 1.82) is 0 Å². The van der Waals surface area contributed by atoms with Gasteiger partial charge in [0.05, 0.1) is 16.9 Å². The molecule has 0 aliphatic rings. The van der Waals surface area contributed by atoms with Crippen molar-refractivity contribution in [3.8, 4) is 0 Å². The summed E-state index contributed by atoms with van der Waals surface area (Å²) in [5.41, 5.74) is 6.46. The molecule has 0 radical (unpaired) electrons. The van der Waals surface area contributed by atoms with Crippen molar-refractivity contribution >= 4 is 44.8 Å². The third-order valence-corrected chi connectivity index (χ3v) is 5.43. The molecule has 1 unspecified atom stereocenters. The first-order valence-corrected chi connectivity index (χ1v) is 9.65. The van der Waals surface area contributed by atoms with E-state index in [-0.39, 0.29) is 10.6 Å². The van der Waals surface area contributed by atoms with Crippen LogP contribution in [0.3, 0.4) is 0 Å². The van der Waals surface area contributed by atoms with Gasteiger partial charge < -0.3 is 15.8 Å². The lowest BCUT2D eigenvalue weighted by molar-refractivity contribution is -0.137. The van der Waals surface area contributed by atoms with Crippen LogP contribution in [-0.4, -0.2) is 23.0 Å². The van der Waals surface area contributed by atoms with Crippen LogP contribution < -0.4 is 11.1 Å². The number of rotatable bonds is 4. The van der Waals surface area contributed by atoms with E-state index in [2.05, 4.69) is 10.3 Å². The third-order valence-electron chi connectivity index (χ3n) is 4.35. The average Bonchev–Trinajstić information content (AvgIpc) is 2.97. The van der Waals surface area contributed by atoms with Crippen LogP contribution >= 0.6 is 11.3 Å². The van der Waals surface area contributed by atoms with Gasteiger partial charge in [-0.25, -0.2) is 9.78 Å². The van der Waals surface area contributed by atoms with Crippen molar-refractivity contribution in [2.75, 3.05) is 11.1 Å². The molecular formula is C20H18F3N3O3S. The third kappa shape index (κ3) is 4.23. The molecule has 1 atom stereocenters. The molecule has 30 heavy (non-hydrogen) atoms. The van der Waals surface area contributed by atoms with E-state index in [4.69, 9.17) is 10.5 Å². The first-order valence-electron chi connectivity index (χ1n) is 8.83. The molecule has 6 nitrogen and oxygen atoms in total. The van der Waals surface area contributed by atoms with Gasteiger partial charge in [-0.05, 0) is 44.5 Å². The standard InChI is InChI=1S/C20H18F3N3O3S/c1-9-8-10(2)25-18-14(9)15(24)16(30-18)19(28)29-11(3)17(27)26-13-7-5-4-6-12(13)20(21,22)23/h4-8,11H,24H2,1-3H3,(H,26,27). The van der Waals surface area contributed by atoms with E-state index in [1.807, 2.05) is 19.9 Å². The van der Waals surface area contributed by atoms with Gasteiger partial charge in [-0.1, -0.05) is 12.1 Å². The van der Waals surface area contributed by atoms with Gasteiger partial charge in [0.25, 0.3) is 5.91 Å². The number of nitrogens with one attached hydrogen (secondary N) is 1. The number of amides is 1. The zero-order chi connectivity index (χ0) is 22.2. The molecule has 0 saturated heterocycles. The fraction of sp³-hybridized carbons (Fsp3) is 0.250. The Labute approximate surface area is 173 Å². The number of carbonyl (C=O) groups is 2. The summed E-state index contributed by atoms with van der Waals surface area (Å²) in [5.74, 6) is -1.75. The Bertz CT molecular complexity index is 1140. The zero-order valence-electron chi connectivity index (χ0n) is 16.3. The van der Waals surface area contributed by atoms with E-state index < -0.39 is 35.4 Å². The molecule has 0 aliphatic carbocycles. The Kier molecular flexibility index (Phi) is 5.71. The summed E-state index contributed by atoms with van der Waals surface area (Å²) in [6.45, 7) is 4.91. The van der Waals surface area contributed by atoms with E-state index in [0.29, 0.717) is 10.2 Å². The number of fused-ring (bicyclic) bond motifs is 1. The Morgan fingerprint density at radius 3 is 2.57 bits per heavy atom. The largest absolute Gasteiger partial charge is 0.448 e. The van der Waals surface area contributed by atoms with Gasteiger partial charge in [-0.3, -0.25) is 4.79 Å². The lowest BCUT2D eigenvalue weighted by Gasteiger charge is -2.16. The van der Waals surface area contributed by atoms with E-state index in [9.17, 15) is 22.8 Å². The number of halogens is 3. The lowest BCUT2D eigenvalue weighted by atomic mass is 10.1. The van der Waals surface area contributed by atoms with Crippen molar-refractivity contribution < 1.29 is 27.5 Å². The molecule has 1 amide bonds. The van der Waals surface area contributed by atoms with E-state index >= 15 is 0 Å². The fourth-order valence-electron chi connectivity index (χ4n) is 2.96. The molecule has 0 saturated carbocycles. The maximum atomic E-state index is 13.1. The molecule has 3 rings (SSSR count). The van der Waals surface area contributed by atoms with Gasteiger partial charge >= 0.3 is 12.1 Å². The van der Waals surface area contributed by atoms with E-state index in [0.717, 1.165) is 34.7 Å². The van der Waals surface area contributed by atoms with Crippen LogP contribution in [0.25, 0.3) is 10.2 Å². The number of nitrogens with zero attached hydrogens (tertiary/aromatic N) is 1. The average molecular weight is 437 g/mol. The summed E-state index contributed by atoms with van der Waals surface area (Å²) in [5, 5.41) is 2.79. The van der Waals surface area contributed by atoms with E-state index in [1.54, 1.807) is 0 Å². The molecule has 2 heterocycles. The summed E-state index contributed by atoms with van der Waals surface area (Å²) in [7, 11) is 0. The molecular weight excluding hydrogens is 419 g/mol. The molecule has 0 aliphatic heterocycles. The maximum absolute atomic E-state index is 13.1. The number of pyridine rings is 1. The number of ether oxygens (including phenoxy) is 1. The zero-order valence-corrected chi connectivity index (χ0v) is 17.1. The summed E-state index contributed by atoms with van der Waals surface area (Å²) < 4.78 is 44.4. The molecule has 0 fully saturated rings. The predicted octanol–water partition coefficient (Wildman–Crippen LogP) is 4.70. The Hall–Kier alpha value is -3.14. The van der Waals surface area contributed by atoms with Crippen molar-refractivity contribution in [2.45, 2.75) is 33.1 Å². The Morgan fingerprint density at radius 2 is 1.90 bits per heavy atom. The molecule has 2 aromatic heterocycles. The van der Waals surface area contributed by atoms with Crippen molar-refractivity contribution in [2.24, 2.45) is 0 Å².